The molecule has 1 heterocycles. The number of likely N-dealkylation sites (tertiary alicyclic amines) is 1. The number of carboxylic acids is 1. The number of amidine groups is 1. The quantitative estimate of drug-likeness (QED) is 0.217. The Balaban J connectivity index is 1.36. The van der Waals surface area contributed by atoms with Crippen LogP contribution in [0.2, 0.25) is 0 Å². The highest BCUT2D eigenvalue weighted by Crippen LogP contribution is 2.30. The van der Waals surface area contributed by atoms with Crippen molar-refractivity contribution in [3.63, 3.8) is 0 Å². The predicted octanol–water partition coefficient (Wildman–Crippen LogP) is 5.12. The molecule has 3 aromatic rings. The largest absolute Gasteiger partial charge is 0.491 e. The van der Waals surface area contributed by atoms with E-state index in [9.17, 15) is 9.59 Å². The van der Waals surface area contributed by atoms with Crippen molar-refractivity contribution < 1.29 is 19.4 Å². The van der Waals surface area contributed by atoms with E-state index in [1.54, 1.807) is 0 Å². The van der Waals surface area contributed by atoms with E-state index in [-0.39, 0.29) is 30.1 Å². The Bertz CT molecular complexity index is 1230. The molecule has 1 saturated heterocycles. The van der Waals surface area contributed by atoms with Gasteiger partial charge in [-0.15, -0.1) is 0 Å². The summed E-state index contributed by atoms with van der Waals surface area (Å²) in [5, 5.41) is 16.5. The smallest absolute Gasteiger partial charge is 0.303 e. The summed E-state index contributed by atoms with van der Waals surface area (Å²) in [7, 11) is 0. The Morgan fingerprint density at radius 2 is 1.63 bits per heavy atom. The van der Waals surface area contributed by atoms with E-state index in [4.69, 9.17) is 21.0 Å². The Morgan fingerprint density at radius 1 is 0.974 bits per heavy atom. The van der Waals surface area contributed by atoms with Gasteiger partial charge in [-0.05, 0) is 60.9 Å². The molecule has 1 aliphatic heterocycles. The second-order valence-electron chi connectivity index (χ2n) is 9.82. The summed E-state index contributed by atoms with van der Waals surface area (Å²) < 4.78 is 6.13. The van der Waals surface area contributed by atoms with Crippen LogP contribution in [0.15, 0.2) is 78.9 Å². The number of hydrogen-bond donors (Lipinski definition) is 3. The van der Waals surface area contributed by atoms with Crippen LogP contribution in [0, 0.1) is 11.3 Å². The Labute approximate surface area is 223 Å². The van der Waals surface area contributed by atoms with Crippen molar-refractivity contribution in [2.45, 2.75) is 44.6 Å². The van der Waals surface area contributed by atoms with Gasteiger partial charge in [0, 0.05) is 24.4 Å². The number of hydrogen-bond acceptors (Lipinski definition) is 4. The van der Waals surface area contributed by atoms with E-state index in [1.807, 2.05) is 71.6 Å². The van der Waals surface area contributed by atoms with E-state index >= 15 is 0 Å². The van der Waals surface area contributed by atoms with Gasteiger partial charge in [0.1, 0.15) is 18.2 Å². The second kappa shape index (κ2) is 12.9. The number of aliphatic carboxylic acids is 1. The third-order valence-electron chi connectivity index (χ3n) is 7.11. The number of nitrogens with one attached hydrogen (secondary N) is 1. The molecule has 7 nitrogen and oxygen atoms in total. The van der Waals surface area contributed by atoms with Crippen LogP contribution in [0.3, 0.4) is 0 Å². The van der Waals surface area contributed by atoms with Gasteiger partial charge in [0.25, 0.3) is 0 Å². The lowest BCUT2D eigenvalue weighted by molar-refractivity contribution is -0.138. The summed E-state index contributed by atoms with van der Waals surface area (Å²) in [4.78, 5) is 26.1. The van der Waals surface area contributed by atoms with Crippen molar-refractivity contribution in [2.75, 3.05) is 13.2 Å². The molecular weight excluding hydrogens is 478 g/mol. The van der Waals surface area contributed by atoms with Crippen LogP contribution in [0.5, 0.6) is 5.75 Å². The maximum Gasteiger partial charge on any atom is 0.303 e. The normalized spacial score (nSPS) is 16.9. The molecule has 7 heteroatoms. The van der Waals surface area contributed by atoms with Crippen LogP contribution in [0.4, 0.5) is 0 Å². The fourth-order valence-electron chi connectivity index (χ4n) is 5.04. The first-order valence-electron chi connectivity index (χ1n) is 13.1. The molecule has 0 radical (unpaired) electrons. The first-order chi connectivity index (χ1) is 18.4. The zero-order valence-electron chi connectivity index (χ0n) is 21.5. The number of carbonyl (C=O) groups is 2. The summed E-state index contributed by atoms with van der Waals surface area (Å²) in [5.41, 5.74) is 9.54. The SMILES string of the molecule is N=C(N)c1ccc(-c2ccc(OC[C@@H]3C[C@H](CCCC(=O)O)C(=O)N3CCCc3ccccc3)cc2)cc1. The van der Waals surface area contributed by atoms with E-state index in [2.05, 4.69) is 12.1 Å². The van der Waals surface area contributed by atoms with Crippen LogP contribution < -0.4 is 10.5 Å². The average molecular weight is 514 g/mol. The fourth-order valence-corrected chi connectivity index (χ4v) is 5.04. The maximum atomic E-state index is 13.2. The summed E-state index contributed by atoms with van der Waals surface area (Å²) in [6, 6.07) is 25.6. The van der Waals surface area contributed by atoms with Crippen molar-refractivity contribution in [2.24, 2.45) is 11.7 Å². The lowest BCUT2D eigenvalue weighted by Gasteiger charge is -2.25. The number of rotatable bonds is 13. The number of amides is 1. The zero-order valence-corrected chi connectivity index (χ0v) is 21.5. The molecule has 0 saturated carbocycles. The van der Waals surface area contributed by atoms with Gasteiger partial charge in [0.05, 0.1) is 6.04 Å². The summed E-state index contributed by atoms with van der Waals surface area (Å²) in [6.45, 7) is 1.06. The van der Waals surface area contributed by atoms with Gasteiger partial charge in [-0.3, -0.25) is 15.0 Å². The molecule has 0 bridgehead atoms. The summed E-state index contributed by atoms with van der Waals surface area (Å²) >= 11 is 0. The number of nitrogens with two attached hydrogens (primary N) is 1. The minimum absolute atomic E-state index is 0.0353. The fraction of sp³-hybridized carbons (Fsp3) is 0.323. The van der Waals surface area contributed by atoms with Gasteiger partial charge >= 0.3 is 5.97 Å². The zero-order chi connectivity index (χ0) is 26.9. The summed E-state index contributed by atoms with van der Waals surface area (Å²) in [6.07, 6.45) is 3.63. The molecule has 1 aliphatic rings. The van der Waals surface area contributed by atoms with Crippen LogP contribution in [-0.4, -0.2) is 46.9 Å². The van der Waals surface area contributed by atoms with Crippen LogP contribution in [0.25, 0.3) is 11.1 Å². The van der Waals surface area contributed by atoms with Crippen molar-refractivity contribution in [3.8, 4) is 16.9 Å². The minimum atomic E-state index is -0.826. The molecule has 1 fully saturated rings. The maximum absolute atomic E-state index is 13.2. The molecule has 0 spiro atoms. The van der Waals surface area contributed by atoms with Crippen molar-refractivity contribution in [3.05, 3.63) is 90.0 Å². The molecular formula is C31H35N3O4. The molecule has 0 aliphatic carbocycles. The summed E-state index contributed by atoms with van der Waals surface area (Å²) in [5.74, 6) is -0.0845. The number of nitrogens with zero attached hydrogens (tertiary/aromatic N) is 1. The van der Waals surface area contributed by atoms with E-state index in [1.165, 1.54) is 5.56 Å². The lowest BCUT2D eigenvalue weighted by Crippen LogP contribution is -2.38. The van der Waals surface area contributed by atoms with Gasteiger partial charge in [0.2, 0.25) is 5.91 Å². The monoisotopic (exact) mass is 513 g/mol. The highest BCUT2D eigenvalue weighted by atomic mass is 16.5. The van der Waals surface area contributed by atoms with Crippen molar-refractivity contribution >= 4 is 17.7 Å². The van der Waals surface area contributed by atoms with E-state index in [0.717, 1.165) is 29.7 Å². The molecule has 0 aromatic heterocycles. The first kappa shape index (κ1) is 26.9. The second-order valence-corrected chi connectivity index (χ2v) is 9.82. The van der Waals surface area contributed by atoms with Gasteiger partial charge < -0.3 is 20.5 Å². The lowest BCUT2D eigenvalue weighted by atomic mass is 9.98. The number of aryl methyl sites for hydroxylation is 1. The van der Waals surface area contributed by atoms with Gasteiger partial charge in [-0.2, -0.15) is 0 Å². The van der Waals surface area contributed by atoms with Crippen LogP contribution in [0.1, 0.15) is 43.2 Å². The number of ether oxygens (including phenoxy) is 1. The molecule has 4 N–H and O–H groups in total. The van der Waals surface area contributed by atoms with Crippen LogP contribution >= 0.6 is 0 Å². The Hall–Kier alpha value is -4.13. The molecule has 38 heavy (non-hydrogen) atoms. The Morgan fingerprint density at radius 3 is 2.26 bits per heavy atom. The van der Waals surface area contributed by atoms with Crippen molar-refractivity contribution in [1.82, 2.24) is 4.90 Å². The van der Waals surface area contributed by atoms with Gasteiger partial charge in [-0.1, -0.05) is 66.7 Å². The van der Waals surface area contributed by atoms with Crippen LogP contribution in [-0.2, 0) is 16.0 Å². The Kier molecular flexibility index (Phi) is 9.14. The number of nitrogen functional groups attached to an aromatic ring is 1. The van der Waals surface area contributed by atoms with Crippen molar-refractivity contribution in [1.29, 1.82) is 5.41 Å². The van der Waals surface area contributed by atoms with E-state index in [0.29, 0.717) is 38.0 Å². The molecule has 0 unspecified atom stereocenters. The average Bonchev–Trinajstić information content (AvgIpc) is 3.22. The van der Waals surface area contributed by atoms with Gasteiger partial charge in [-0.25, -0.2) is 0 Å². The third kappa shape index (κ3) is 7.22. The minimum Gasteiger partial charge on any atom is -0.491 e. The van der Waals surface area contributed by atoms with E-state index < -0.39 is 5.97 Å². The molecule has 2 atom stereocenters. The topological polar surface area (TPSA) is 117 Å². The first-order valence-corrected chi connectivity index (χ1v) is 13.1. The number of carbonyl (C=O) groups excluding carboxylic acids is 1. The third-order valence-corrected chi connectivity index (χ3v) is 7.11. The molecule has 3 aromatic carbocycles. The molecule has 4 rings (SSSR count). The molecule has 1 amide bonds. The van der Waals surface area contributed by atoms with Gasteiger partial charge in [0.15, 0.2) is 0 Å². The number of carboxylic acid groups (broad SMARTS) is 1. The number of benzene rings is 3. The predicted molar refractivity (Wildman–Crippen MR) is 148 cm³/mol. The standard InChI is InChI=1S/C31H35N3O4/c32-30(33)25-13-11-23(12-14-25)24-15-17-28(18-16-24)38-21-27-20-26(9-4-10-29(35)36)31(37)34(27)19-5-8-22-6-2-1-3-7-22/h1-3,6-7,11-18,26-27H,4-5,8-10,19-21H2,(H3,32,33)(H,35,36)/t26-,27-/m0/s1. The highest BCUT2D eigenvalue weighted by molar-refractivity contribution is 5.95. The molecule has 198 valence electrons. The highest BCUT2D eigenvalue weighted by Gasteiger charge is 2.39.